The molecule has 0 saturated carbocycles. The molecule has 8 nitrogen and oxygen atoms in total. The van der Waals surface area contributed by atoms with Crippen LogP contribution in [-0.2, 0) is 19.0 Å². The van der Waals surface area contributed by atoms with E-state index in [1.807, 2.05) is 0 Å². The van der Waals surface area contributed by atoms with Gasteiger partial charge in [0.05, 0.1) is 6.61 Å². The van der Waals surface area contributed by atoms with Crippen LogP contribution in [-0.4, -0.2) is 78.8 Å². The first-order valence-corrected chi connectivity index (χ1v) is 8.58. The Kier molecular flexibility index (Phi) is 10.4. The van der Waals surface area contributed by atoms with E-state index in [1.165, 1.54) is 26.4 Å². The Hall–Kier alpha value is -0.770. The number of aliphatic hydroxyl groups is 3. The van der Waals surface area contributed by atoms with Gasteiger partial charge in [-0.25, -0.2) is 0 Å². The van der Waals surface area contributed by atoms with Crippen molar-refractivity contribution in [3.63, 3.8) is 0 Å². The fourth-order valence-corrected chi connectivity index (χ4v) is 2.52. The number of hydrogen-bond acceptors (Lipinski definition) is 7. The first-order chi connectivity index (χ1) is 11.5. The molecule has 1 fully saturated rings. The minimum atomic E-state index is -1.39. The van der Waals surface area contributed by atoms with Crippen molar-refractivity contribution in [2.75, 3.05) is 26.9 Å². The number of hydrogen-bond donors (Lipinski definition) is 4. The summed E-state index contributed by atoms with van der Waals surface area (Å²) in [4.78, 5) is 11.6. The van der Waals surface area contributed by atoms with Crippen LogP contribution in [0.25, 0.3) is 0 Å². The van der Waals surface area contributed by atoms with Gasteiger partial charge >= 0.3 is 0 Å². The average molecular weight is 349 g/mol. The van der Waals surface area contributed by atoms with E-state index in [0.29, 0.717) is 6.54 Å². The predicted molar refractivity (Wildman–Crippen MR) is 86.3 cm³/mol. The standard InChI is InChI=1S/C16H31NO7/c1-3-4-5-6-7-8-17-12(18)10-23-9-11-13(19)14(20)15(21)16(22-2)24-11/h11,13-16,19-21H,3-10H2,1-2H3,(H,17,18)/t11-,13-,14+,15-,16+/m1/s1. The Morgan fingerprint density at radius 2 is 1.79 bits per heavy atom. The molecule has 24 heavy (non-hydrogen) atoms. The highest BCUT2D eigenvalue weighted by atomic mass is 16.7. The second kappa shape index (κ2) is 11.7. The van der Waals surface area contributed by atoms with E-state index in [2.05, 4.69) is 12.2 Å². The highest BCUT2D eigenvalue weighted by Gasteiger charge is 2.43. The topological polar surface area (TPSA) is 117 Å². The molecular formula is C16H31NO7. The van der Waals surface area contributed by atoms with Crippen molar-refractivity contribution in [1.82, 2.24) is 5.32 Å². The molecular weight excluding hydrogens is 318 g/mol. The lowest BCUT2D eigenvalue weighted by molar-refractivity contribution is -0.296. The molecule has 142 valence electrons. The molecule has 0 aliphatic carbocycles. The summed E-state index contributed by atoms with van der Waals surface area (Å²) in [6.07, 6.45) is -0.363. The van der Waals surface area contributed by atoms with E-state index in [1.54, 1.807) is 0 Å². The molecule has 4 N–H and O–H groups in total. The van der Waals surface area contributed by atoms with Crippen molar-refractivity contribution >= 4 is 5.91 Å². The second-order valence-corrected chi connectivity index (χ2v) is 6.03. The molecule has 1 amide bonds. The van der Waals surface area contributed by atoms with Crippen LogP contribution in [0.3, 0.4) is 0 Å². The van der Waals surface area contributed by atoms with Crippen LogP contribution < -0.4 is 5.32 Å². The maximum absolute atomic E-state index is 11.6. The van der Waals surface area contributed by atoms with Crippen molar-refractivity contribution in [3.05, 3.63) is 0 Å². The van der Waals surface area contributed by atoms with Crippen molar-refractivity contribution in [1.29, 1.82) is 0 Å². The van der Waals surface area contributed by atoms with E-state index in [4.69, 9.17) is 14.2 Å². The number of carbonyl (C=O) groups excluding carboxylic acids is 1. The summed E-state index contributed by atoms with van der Waals surface area (Å²) in [6, 6.07) is 0. The summed E-state index contributed by atoms with van der Waals surface area (Å²) in [5.74, 6) is -0.236. The monoisotopic (exact) mass is 349 g/mol. The fourth-order valence-electron chi connectivity index (χ4n) is 2.52. The van der Waals surface area contributed by atoms with Gasteiger partial charge in [-0.3, -0.25) is 4.79 Å². The molecule has 1 aliphatic rings. The summed E-state index contributed by atoms with van der Waals surface area (Å²) in [6.45, 7) is 2.53. The fraction of sp³-hybridized carbons (Fsp3) is 0.938. The third-order valence-electron chi connectivity index (χ3n) is 4.02. The number of amides is 1. The van der Waals surface area contributed by atoms with E-state index < -0.39 is 30.7 Å². The van der Waals surface area contributed by atoms with Crippen LogP contribution in [0.4, 0.5) is 0 Å². The number of unbranched alkanes of at least 4 members (excludes halogenated alkanes) is 4. The number of nitrogens with one attached hydrogen (secondary N) is 1. The van der Waals surface area contributed by atoms with E-state index in [9.17, 15) is 20.1 Å². The van der Waals surface area contributed by atoms with Crippen LogP contribution in [0, 0.1) is 0 Å². The van der Waals surface area contributed by atoms with Crippen molar-refractivity contribution < 1.29 is 34.3 Å². The maximum atomic E-state index is 11.6. The molecule has 0 bridgehead atoms. The lowest BCUT2D eigenvalue weighted by atomic mass is 9.99. The summed E-state index contributed by atoms with van der Waals surface area (Å²) < 4.78 is 15.4. The maximum Gasteiger partial charge on any atom is 0.245 e. The molecule has 0 spiro atoms. The molecule has 0 radical (unpaired) electrons. The molecule has 1 rings (SSSR count). The predicted octanol–water partition coefficient (Wildman–Crippen LogP) is -0.456. The first-order valence-electron chi connectivity index (χ1n) is 8.58. The van der Waals surface area contributed by atoms with Gasteiger partial charge in [-0.15, -0.1) is 0 Å². The van der Waals surface area contributed by atoms with E-state index in [0.717, 1.165) is 12.8 Å². The van der Waals surface area contributed by atoms with Crippen molar-refractivity contribution in [2.24, 2.45) is 0 Å². The third kappa shape index (κ3) is 7.00. The third-order valence-corrected chi connectivity index (χ3v) is 4.02. The SMILES string of the molecule is CCCCCCCNC(=O)COC[C@H]1O[C@H](OC)[C@H](O)[C@@H](O)[C@@H]1O. The zero-order chi connectivity index (χ0) is 17.9. The quantitative estimate of drug-likeness (QED) is 0.373. The van der Waals surface area contributed by atoms with E-state index >= 15 is 0 Å². The molecule has 8 heteroatoms. The largest absolute Gasteiger partial charge is 0.387 e. The number of aliphatic hydroxyl groups excluding tert-OH is 3. The van der Waals surface area contributed by atoms with Gasteiger partial charge in [0.25, 0.3) is 0 Å². The highest BCUT2D eigenvalue weighted by Crippen LogP contribution is 2.21. The van der Waals surface area contributed by atoms with Crippen LogP contribution in [0.15, 0.2) is 0 Å². The second-order valence-electron chi connectivity index (χ2n) is 6.03. The van der Waals surface area contributed by atoms with Gasteiger partial charge in [0.1, 0.15) is 31.0 Å². The van der Waals surface area contributed by atoms with Crippen molar-refractivity contribution in [3.8, 4) is 0 Å². The Labute approximate surface area is 143 Å². The van der Waals surface area contributed by atoms with Gasteiger partial charge in [0.2, 0.25) is 5.91 Å². The molecule has 0 aromatic rings. The minimum Gasteiger partial charge on any atom is -0.387 e. The summed E-state index contributed by atoms with van der Waals surface area (Å²) >= 11 is 0. The van der Waals surface area contributed by atoms with Gasteiger partial charge in [0.15, 0.2) is 6.29 Å². The Balaban J connectivity index is 2.18. The van der Waals surface area contributed by atoms with E-state index in [-0.39, 0.29) is 19.1 Å². The highest BCUT2D eigenvalue weighted by molar-refractivity contribution is 5.77. The van der Waals surface area contributed by atoms with Gasteiger partial charge < -0.3 is 34.8 Å². The lowest BCUT2D eigenvalue weighted by Gasteiger charge is -2.39. The zero-order valence-electron chi connectivity index (χ0n) is 14.5. The lowest BCUT2D eigenvalue weighted by Crippen LogP contribution is -2.59. The van der Waals surface area contributed by atoms with Gasteiger partial charge in [-0.05, 0) is 6.42 Å². The van der Waals surface area contributed by atoms with Crippen molar-refractivity contribution in [2.45, 2.75) is 69.7 Å². The van der Waals surface area contributed by atoms with Crippen LogP contribution in [0.2, 0.25) is 0 Å². The molecule has 1 aliphatic heterocycles. The smallest absolute Gasteiger partial charge is 0.245 e. The first kappa shape index (κ1) is 21.3. The molecule has 1 saturated heterocycles. The number of methoxy groups -OCH3 is 1. The Bertz CT molecular complexity index is 353. The Morgan fingerprint density at radius 1 is 1.08 bits per heavy atom. The van der Waals surface area contributed by atoms with Crippen LogP contribution in [0.1, 0.15) is 39.0 Å². The van der Waals surface area contributed by atoms with Gasteiger partial charge in [-0.2, -0.15) is 0 Å². The Morgan fingerprint density at radius 3 is 2.46 bits per heavy atom. The van der Waals surface area contributed by atoms with Gasteiger partial charge in [0, 0.05) is 13.7 Å². The summed E-state index contributed by atoms with van der Waals surface area (Å²) in [5.41, 5.74) is 0. The summed E-state index contributed by atoms with van der Waals surface area (Å²) in [7, 11) is 1.32. The normalized spacial score (nSPS) is 30.3. The van der Waals surface area contributed by atoms with Crippen LogP contribution in [0.5, 0.6) is 0 Å². The summed E-state index contributed by atoms with van der Waals surface area (Å²) in [5, 5.41) is 32.0. The minimum absolute atomic E-state index is 0.0886. The number of ether oxygens (including phenoxy) is 3. The number of rotatable bonds is 11. The average Bonchev–Trinajstić information content (AvgIpc) is 2.58. The number of carbonyl (C=O) groups is 1. The molecule has 0 aromatic carbocycles. The van der Waals surface area contributed by atoms with Crippen LogP contribution >= 0.6 is 0 Å². The molecule has 0 aromatic heterocycles. The molecule has 1 heterocycles. The molecule has 5 atom stereocenters. The zero-order valence-corrected chi connectivity index (χ0v) is 14.5. The van der Waals surface area contributed by atoms with Gasteiger partial charge in [-0.1, -0.05) is 32.6 Å². The molecule has 0 unspecified atom stereocenters.